The van der Waals surface area contributed by atoms with Crippen molar-refractivity contribution >= 4 is 22.6 Å². The molecule has 98 valence electrons. The summed E-state index contributed by atoms with van der Waals surface area (Å²) in [7, 11) is 0. The van der Waals surface area contributed by atoms with Crippen LogP contribution in [0.4, 0.5) is 0 Å². The third-order valence-electron chi connectivity index (χ3n) is 2.98. The largest absolute Gasteiger partial charge is 0.444 e. The van der Waals surface area contributed by atoms with Crippen LogP contribution in [0.1, 0.15) is 19.4 Å². The molecule has 0 radical (unpaired) electrons. The second-order valence-corrected chi connectivity index (χ2v) is 5.62. The van der Waals surface area contributed by atoms with Gasteiger partial charge in [0.2, 0.25) is 0 Å². The van der Waals surface area contributed by atoms with Crippen LogP contribution in [0.2, 0.25) is 5.22 Å². The monoisotopic (exact) mass is 267 g/mol. The minimum absolute atomic E-state index is 0.133. The number of para-hydroxylation sites is 1. The topological polar surface area (TPSA) is 45.4 Å². The highest BCUT2D eigenvalue weighted by Gasteiger charge is 2.17. The van der Waals surface area contributed by atoms with Gasteiger partial charge in [-0.1, -0.05) is 32.0 Å². The van der Waals surface area contributed by atoms with E-state index in [4.69, 9.17) is 16.0 Å². The van der Waals surface area contributed by atoms with E-state index in [1.165, 1.54) is 0 Å². The Bertz CT molecular complexity index is 534. The molecule has 0 saturated carbocycles. The summed E-state index contributed by atoms with van der Waals surface area (Å²) in [5.41, 5.74) is 1.65. The van der Waals surface area contributed by atoms with Gasteiger partial charge in [0.25, 0.3) is 0 Å². The molecule has 0 amide bonds. The molecule has 1 heterocycles. The first-order valence-electron chi connectivity index (χ1n) is 6.01. The summed E-state index contributed by atoms with van der Waals surface area (Å²) >= 11 is 6.10. The molecule has 1 aromatic heterocycles. The van der Waals surface area contributed by atoms with Gasteiger partial charge in [-0.15, -0.1) is 0 Å². The van der Waals surface area contributed by atoms with E-state index < -0.39 is 0 Å². The van der Waals surface area contributed by atoms with Crippen molar-refractivity contribution in [1.29, 1.82) is 0 Å². The number of hydrogen-bond donors (Lipinski definition) is 2. The molecule has 0 unspecified atom stereocenters. The zero-order chi connectivity index (χ0) is 13.2. The minimum Gasteiger partial charge on any atom is -0.444 e. The van der Waals surface area contributed by atoms with Gasteiger partial charge in [0.1, 0.15) is 5.58 Å². The molecule has 4 heteroatoms. The van der Waals surface area contributed by atoms with Crippen LogP contribution in [0.5, 0.6) is 0 Å². The maximum atomic E-state index is 9.19. The predicted molar refractivity (Wildman–Crippen MR) is 73.8 cm³/mol. The Balaban J connectivity index is 2.10. The Kier molecular flexibility index (Phi) is 3.95. The molecule has 0 aliphatic heterocycles. The van der Waals surface area contributed by atoms with Gasteiger partial charge in [-0.2, -0.15) is 0 Å². The Morgan fingerprint density at radius 1 is 1.33 bits per heavy atom. The highest BCUT2D eigenvalue weighted by atomic mass is 35.5. The average Bonchev–Trinajstić information content (AvgIpc) is 2.66. The zero-order valence-corrected chi connectivity index (χ0v) is 11.4. The minimum atomic E-state index is -0.133. The molecular weight excluding hydrogens is 250 g/mol. The van der Waals surface area contributed by atoms with Gasteiger partial charge in [-0.3, -0.25) is 0 Å². The highest BCUT2D eigenvalue weighted by molar-refractivity contribution is 6.30. The van der Waals surface area contributed by atoms with Crippen LogP contribution in [0.25, 0.3) is 11.0 Å². The van der Waals surface area contributed by atoms with E-state index in [9.17, 15) is 5.11 Å². The Hall–Kier alpha value is -1.03. The van der Waals surface area contributed by atoms with Crippen molar-refractivity contribution in [2.75, 3.05) is 13.2 Å². The Morgan fingerprint density at radius 3 is 2.78 bits per heavy atom. The van der Waals surface area contributed by atoms with Crippen molar-refractivity contribution in [3.8, 4) is 0 Å². The van der Waals surface area contributed by atoms with Gasteiger partial charge in [-0.25, -0.2) is 0 Å². The molecule has 3 nitrogen and oxygen atoms in total. The quantitative estimate of drug-likeness (QED) is 0.875. The van der Waals surface area contributed by atoms with Crippen molar-refractivity contribution in [2.45, 2.75) is 20.4 Å². The van der Waals surface area contributed by atoms with Crippen LogP contribution >= 0.6 is 11.6 Å². The number of hydrogen-bond acceptors (Lipinski definition) is 3. The molecule has 2 aromatic rings. The van der Waals surface area contributed by atoms with Gasteiger partial charge >= 0.3 is 0 Å². The van der Waals surface area contributed by atoms with Crippen LogP contribution in [-0.2, 0) is 6.54 Å². The van der Waals surface area contributed by atoms with Gasteiger partial charge in [-0.05, 0) is 17.7 Å². The van der Waals surface area contributed by atoms with Crippen LogP contribution in [-0.4, -0.2) is 18.3 Å². The van der Waals surface area contributed by atoms with Crippen LogP contribution in [0.3, 0.4) is 0 Å². The third kappa shape index (κ3) is 2.86. The summed E-state index contributed by atoms with van der Waals surface area (Å²) in [5.74, 6) is 0. The molecule has 2 rings (SSSR count). The number of aliphatic hydroxyl groups excluding tert-OH is 1. The summed E-state index contributed by atoms with van der Waals surface area (Å²) in [6.07, 6.45) is 0. The fourth-order valence-corrected chi connectivity index (χ4v) is 2.07. The molecule has 0 bridgehead atoms. The standard InChI is InChI=1S/C14H18ClNO2/c1-14(2,9-17)8-16-7-11-10-5-3-4-6-12(10)18-13(11)15/h3-6,16-17H,7-9H2,1-2H3. The summed E-state index contributed by atoms with van der Waals surface area (Å²) in [4.78, 5) is 0. The van der Waals surface area contributed by atoms with Gasteiger partial charge in [0, 0.05) is 36.1 Å². The number of aliphatic hydroxyl groups is 1. The van der Waals surface area contributed by atoms with Crippen molar-refractivity contribution in [3.63, 3.8) is 0 Å². The van der Waals surface area contributed by atoms with Crippen molar-refractivity contribution in [3.05, 3.63) is 35.0 Å². The van der Waals surface area contributed by atoms with Gasteiger partial charge in [0.15, 0.2) is 5.22 Å². The fraction of sp³-hybridized carbons (Fsp3) is 0.429. The maximum Gasteiger partial charge on any atom is 0.199 e. The summed E-state index contributed by atoms with van der Waals surface area (Å²) < 4.78 is 5.48. The number of nitrogens with one attached hydrogen (secondary N) is 1. The number of halogens is 1. The first-order chi connectivity index (χ1) is 8.53. The second kappa shape index (κ2) is 5.31. The van der Waals surface area contributed by atoms with Crippen LogP contribution in [0.15, 0.2) is 28.7 Å². The molecule has 0 aliphatic carbocycles. The third-order valence-corrected chi connectivity index (χ3v) is 3.29. The van der Waals surface area contributed by atoms with E-state index in [0.717, 1.165) is 23.1 Å². The molecule has 1 aromatic carbocycles. The normalized spacial score (nSPS) is 12.2. The number of fused-ring (bicyclic) bond motifs is 1. The summed E-state index contributed by atoms with van der Waals surface area (Å²) in [6.45, 7) is 5.53. The highest BCUT2D eigenvalue weighted by Crippen LogP contribution is 2.29. The lowest BCUT2D eigenvalue weighted by Crippen LogP contribution is -2.31. The summed E-state index contributed by atoms with van der Waals surface area (Å²) in [6, 6.07) is 7.80. The van der Waals surface area contributed by atoms with Crippen molar-refractivity contribution in [2.24, 2.45) is 5.41 Å². The van der Waals surface area contributed by atoms with E-state index in [1.807, 2.05) is 38.1 Å². The second-order valence-electron chi connectivity index (χ2n) is 5.28. The molecule has 0 atom stereocenters. The molecule has 0 aliphatic rings. The lowest BCUT2D eigenvalue weighted by molar-refractivity contribution is 0.156. The van der Waals surface area contributed by atoms with E-state index in [1.54, 1.807) is 0 Å². The van der Waals surface area contributed by atoms with Gasteiger partial charge in [0.05, 0.1) is 0 Å². The predicted octanol–water partition coefficient (Wildman–Crippen LogP) is 3.19. The van der Waals surface area contributed by atoms with E-state index in [2.05, 4.69) is 5.32 Å². The average molecular weight is 268 g/mol. The van der Waals surface area contributed by atoms with Crippen molar-refractivity contribution in [1.82, 2.24) is 5.32 Å². The number of rotatable bonds is 5. The molecule has 18 heavy (non-hydrogen) atoms. The smallest absolute Gasteiger partial charge is 0.199 e. The molecule has 0 fully saturated rings. The number of furan rings is 1. The fourth-order valence-electron chi connectivity index (χ4n) is 1.82. The molecule has 2 N–H and O–H groups in total. The molecular formula is C14H18ClNO2. The van der Waals surface area contributed by atoms with E-state index in [-0.39, 0.29) is 12.0 Å². The lowest BCUT2D eigenvalue weighted by Gasteiger charge is -2.21. The van der Waals surface area contributed by atoms with Crippen molar-refractivity contribution < 1.29 is 9.52 Å². The zero-order valence-electron chi connectivity index (χ0n) is 10.7. The lowest BCUT2D eigenvalue weighted by atomic mass is 9.95. The van der Waals surface area contributed by atoms with Crippen LogP contribution in [0, 0.1) is 5.41 Å². The van der Waals surface area contributed by atoms with Crippen LogP contribution < -0.4 is 5.32 Å². The first-order valence-corrected chi connectivity index (χ1v) is 6.39. The Labute approximate surface area is 112 Å². The number of benzene rings is 1. The van der Waals surface area contributed by atoms with E-state index in [0.29, 0.717) is 11.8 Å². The van der Waals surface area contributed by atoms with Gasteiger partial charge < -0.3 is 14.8 Å². The molecule has 0 saturated heterocycles. The maximum absolute atomic E-state index is 9.19. The van der Waals surface area contributed by atoms with E-state index >= 15 is 0 Å². The Morgan fingerprint density at radius 2 is 2.06 bits per heavy atom. The summed E-state index contributed by atoms with van der Waals surface area (Å²) in [5, 5.41) is 14.0. The SMILES string of the molecule is CC(C)(CO)CNCc1c(Cl)oc2ccccc12. The first kappa shape index (κ1) is 13.4. The molecule has 0 spiro atoms.